The number of nitrogens with zero attached hydrogens (tertiary/aromatic N) is 1. The van der Waals surface area contributed by atoms with Gasteiger partial charge in [-0.15, -0.1) is 0 Å². The number of para-hydroxylation sites is 1. The lowest BCUT2D eigenvalue weighted by molar-refractivity contribution is -0.123. The van der Waals surface area contributed by atoms with Crippen molar-refractivity contribution in [3.63, 3.8) is 0 Å². The van der Waals surface area contributed by atoms with Gasteiger partial charge in [0.05, 0.1) is 10.0 Å². The van der Waals surface area contributed by atoms with Crippen LogP contribution in [0.3, 0.4) is 0 Å². The summed E-state index contributed by atoms with van der Waals surface area (Å²) >= 11 is 12.0. The molecule has 2 aromatic carbocycles. The van der Waals surface area contributed by atoms with Gasteiger partial charge in [-0.1, -0.05) is 41.4 Å². The van der Waals surface area contributed by atoms with Crippen LogP contribution in [0.25, 0.3) is 0 Å². The third-order valence-electron chi connectivity index (χ3n) is 4.59. The molecule has 1 aliphatic rings. The summed E-state index contributed by atoms with van der Waals surface area (Å²) in [6.07, 6.45) is 2.04. The maximum atomic E-state index is 11.9. The van der Waals surface area contributed by atoms with E-state index in [1.807, 2.05) is 36.4 Å². The van der Waals surface area contributed by atoms with E-state index in [-0.39, 0.29) is 18.6 Å². The standard InChI is InChI=1S/C21H24Cl2N2O3/c22-19-7-6-18(14-20(19)23)28-17-8-11-25(12-9-17)13-10-24-21(26)15-27-16-4-2-1-3-5-16/h1-7,14,17H,8-13,15H2,(H,24,26). The van der Waals surface area contributed by atoms with Gasteiger partial charge in [-0.25, -0.2) is 0 Å². The molecule has 0 aliphatic carbocycles. The second-order valence-electron chi connectivity index (χ2n) is 6.69. The summed E-state index contributed by atoms with van der Waals surface area (Å²) in [6, 6.07) is 14.7. The van der Waals surface area contributed by atoms with Crippen LogP contribution in [0.15, 0.2) is 48.5 Å². The predicted octanol–water partition coefficient (Wildman–Crippen LogP) is 4.03. The number of rotatable bonds is 8. The van der Waals surface area contributed by atoms with Crippen molar-refractivity contribution in [1.82, 2.24) is 10.2 Å². The number of nitrogens with one attached hydrogen (secondary N) is 1. The number of ether oxygens (including phenoxy) is 2. The van der Waals surface area contributed by atoms with Crippen LogP contribution in [0, 0.1) is 0 Å². The van der Waals surface area contributed by atoms with Crippen LogP contribution < -0.4 is 14.8 Å². The molecule has 1 amide bonds. The summed E-state index contributed by atoms with van der Waals surface area (Å²) in [5, 5.41) is 3.93. The number of benzene rings is 2. The zero-order chi connectivity index (χ0) is 19.8. The Morgan fingerprint density at radius 3 is 2.50 bits per heavy atom. The number of hydrogen-bond donors (Lipinski definition) is 1. The van der Waals surface area contributed by atoms with Crippen molar-refractivity contribution in [2.75, 3.05) is 32.8 Å². The lowest BCUT2D eigenvalue weighted by atomic mass is 10.1. The van der Waals surface area contributed by atoms with Crippen molar-refractivity contribution in [1.29, 1.82) is 0 Å². The molecule has 1 aliphatic heterocycles. The molecular formula is C21H24Cl2N2O3. The molecule has 0 bridgehead atoms. The largest absolute Gasteiger partial charge is 0.490 e. The van der Waals surface area contributed by atoms with Crippen LogP contribution in [0.1, 0.15) is 12.8 Å². The summed E-state index contributed by atoms with van der Waals surface area (Å²) in [6.45, 7) is 3.32. The van der Waals surface area contributed by atoms with Gasteiger partial charge in [0.25, 0.3) is 5.91 Å². The molecule has 2 aromatic rings. The minimum Gasteiger partial charge on any atom is -0.490 e. The van der Waals surface area contributed by atoms with E-state index >= 15 is 0 Å². The van der Waals surface area contributed by atoms with E-state index in [1.54, 1.807) is 12.1 Å². The first kappa shape index (κ1) is 20.8. The van der Waals surface area contributed by atoms with Crippen molar-refractivity contribution in [2.24, 2.45) is 0 Å². The maximum Gasteiger partial charge on any atom is 0.257 e. The first-order valence-electron chi connectivity index (χ1n) is 9.39. The highest BCUT2D eigenvalue weighted by Gasteiger charge is 2.20. The molecule has 5 nitrogen and oxygen atoms in total. The lowest BCUT2D eigenvalue weighted by Gasteiger charge is -2.32. The molecule has 1 heterocycles. The molecule has 0 radical (unpaired) electrons. The van der Waals surface area contributed by atoms with Gasteiger partial charge in [0.15, 0.2) is 6.61 Å². The van der Waals surface area contributed by atoms with Crippen LogP contribution in [-0.2, 0) is 4.79 Å². The average Bonchev–Trinajstić information content (AvgIpc) is 2.71. The van der Waals surface area contributed by atoms with Crippen LogP contribution >= 0.6 is 23.2 Å². The smallest absolute Gasteiger partial charge is 0.257 e. The van der Waals surface area contributed by atoms with Crippen molar-refractivity contribution in [2.45, 2.75) is 18.9 Å². The van der Waals surface area contributed by atoms with Gasteiger partial charge in [0.1, 0.15) is 17.6 Å². The molecule has 7 heteroatoms. The SMILES string of the molecule is O=C(COc1ccccc1)NCCN1CCC(Oc2ccc(Cl)c(Cl)c2)CC1. The summed E-state index contributed by atoms with van der Waals surface area (Å²) in [7, 11) is 0. The lowest BCUT2D eigenvalue weighted by Crippen LogP contribution is -2.42. The number of halogens is 2. The number of hydrogen-bond acceptors (Lipinski definition) is 4. The third kappa shape index (κ3) is 6.59. The second kappa shape index (κ2) is 10.6. The zero-order valence-electron chi connectivity index (χ0n) is 15.6. The Balaban J connectivity index is 1.30. The maximum absolute atomic E-state index is 11.9. The Labute approximate surface area is 175 Å². The zero-order valence-corrected chi connectivity index (χ0v) is 17.1. The molecule has 1 saturated heterocycles. The van der Waals surface area contributed by atoms with Gasteiger partial charge < -0.3 is 19.7 Å². The van der Waals surface area contributed by atoms with E-state index in [9.17, 15) is 4.79 Å². The Bertz CT molecular complexity index is 766. The fraction of sp³-hybridized carbons (Fsp3) is 0.381. The van der Waals surface area contributed by atoms with Gasteiger partial charge in [0, 0.05) is 32.2 Å². The monoisotopic (exact) mass is 422 g/mol. The molecular weight excluding hydrogens is 399 g/mol. The normalized spacial score (nSPS) is 15.2. The number of piperidine rings is 1. The third-order valence-corrected chi connectivity index (χ3v) is 5.33. The highest BCUT2D eigenvalue weighted by molar-refractivity contribution is 6.42. The highest BCUT2D eigenvalue weighted by Crippen LogP contribution is 2.28. The van der Waals surface area contributed by atoms with E-state index in [1.165, 1.54) is 0 Å². The molecule has 0 aromatic heterocycles. The van der Waals surface area contributed by atoms with Crippen molar-refractivity contribution < 1.29 is 14.3 Å². The van der Waals surface area contributed by atoms with E-state index < -0.39 is 0 Å². The second-order valence-corrected chi connectivity index (χ2v) is 7.50. The fourth-order valence-electron chi connectivity index (χ4n) is 3.06. The molecule has 0 atom stereocenters. The molecule has 28 heavy (non-hydrogen) atoms. The minimum atomic E-state index is -0.110. The number of amides is 1. The molecule has 1 fully saturated rings. The average molecular weight is 423 g/mol. The number of carbonyl (C=O) groups excluding carboxylic acids is 1. The van der Waals surface area contributed by atoms with E-state index in [0.717, 1.165) is 38.2 Å². The molecule has 1 N–H and O–H groups in total. The molecule has 0 unspecified atom stereocenters. The van der Waals surface area contributed by atoms with Crippen molar-refractivity contribution >= 4 is 29.1 Å². The Morgan fingerprint density at radius 2 is 1.79 bits per heavy atom. The van der Waals surface area contributed by atoms with E-state index in [0.29, 0.717) is 22.3 Å². The summed E-state index contributed by atoms with van der Waals surface area (Å²) in [4.78, 5) is 14.2. The molecule has 150 valence electrons. The Hall–Kier alpha value is -1.95. The van der Waals surface area contributed by atoms with Gasteiger partial charge >= 0.3 is 0 Å². The first-order valence-corrected chi connectivity index (χ1v) is 10.1. The summed E-state index contributed by atoms with van der Waals surface area (Å²) < 4.78 is 11.4. The van der Waals surface area contributed by atoms with E-state index in [4.69, 9.17) is 32.7 Å². The van der Waals surface area contributed by atoms with Crippen LogP contribution in [-0.4, -0.2) is 49.7 Å². The fourth-order valence-corrected chi connectivity index (χ4v) is 3.35. The Kier molecular flexibility index (Phi) is 7.83. The first-order chi connectivity index (χ1) is 13.6. The summed E-state index contributed by atoms with van der Waals surface area (Å²) in [5.74, 6) is 1.34. The van der Waals surface area contributed by atoms with Crippen LogP contribution in [0.4, 0.5) is 0 Å². The van der Waals surface area contributed by atoms with Crippen molar-refractivity contribution in [3.8, 4) is 11.5 Å². The van der Waals surface area contributed by atoms with Gasteiger partial charge in [-0.2, -0.15) is 0 Å². The summed E-state index contributed by atoms with van der Waals surface area (Å²) in [5.41, 5.74) is 0. The number of carbonyl (C=O) groups is 1. The van der Waals surface area contributed by atoms with Gasteiger partial charge in [0.2, 0.25) is 0 Å². The predicted molar refractivity (Wildman–Crippen MR) is 111 cm³/mol. The molecule has 0 saturated carbocycles. The highest BCUT2D eigenvalue weighted by atomic mass is 35.5. The van der Waals surface area contributed by atoms with Gasteiger partial charge in [-0.3, -0.25) is 4.79 Å². The molecule has 3 rings (SSSR count). The van der Waals surface area contributed by atoms with Crippen LogP contribution in [0.5, 0.6) is 11.5 Å². The quantitative estimate of drug-likeness (QED) is 0.697. The van der Waals surface area contributed by atoms with Gasteiger partial charge in [-0.05, 0) is 37.1 Å². The topological polar surface area (TPSA) is 50.8 Å². The minimum absolute atomic E-state index is 0.0313. The molecule has 0 spiro atoms. The van der Waals surface area contributed by atoms with E-state index in [2.05, 4.69) is 10.2 Å². The number of likely N-dealkylation sites (tertiary alicyclic amines) is 1. The van der Waals surface area contributed by atoms with Crippen molar-refractivity contribution in [3.05, 3.63) is 58.6 Å². The van der Waals surface area contributed by atoms with Crippen LogP contribution in [0.2, 0.25) is 10.0 Å². The Morgan fingerprint density at radius 1 is 1.04 bits per heavy atom.